The van der Waals surface area contributed by atoms with Crippen LogP contribution in [0, 0.1) is 6.92 Å². The molecule has 0 bridgehead atoms. The van der Waals surface area contributed by atoms with Gasteiger partial charge in [0.1, 0.15) is 30.6 Å². The number of alkyl carbamates (subject to hydrolysis) is 1. The topological polar surface area (TPSA) is 148 Å². The predicted molar refractivity (Wildman–Crippen MR) is 141 cm³/mol. The van der Waals surface area contributed by atoms with Gasteiger partial charge < -0.3 is 30.5 Å². The number of nitrogens with one attached hydrogen (secondary N) is 3. The van der Waals surface area contributed by atoms with Gasteiger partial charge in [0.15, 0.2) is 0 Å². The van der Waals surface area contributed by atoms with E-state index in [0.717, 1.165) is 49.3 Å². The van der Waals surface area contributed by atoms with Crippen molar-refractivity contribution >= 4 is 23.7 Å². The van der Waals surface area contributed by atoms with Gasteiger partial charge >= 0.3 is 12.1 Å². The Morgan fingerprint density at radius 2 is 2.00 bits per heavy atom. The summed E-state index contributed by atoms with van der Waals surface area (Å²) >= 11 is 0. The van der Waals surface area contributed by atoms with E-state index in [0.29, 0.717) is 23.9 Å². The largest absolute Gasteiger partial charge is 0.480 e. The maximum absolute atomic E-state index is 12.1. The summed E-state index contributed by atoms with van der Waals surface area (Å²) in [6.45, 7) is 3.11. The summed E-state index contributed by atoms with van der Waals surface area (Å²) < 4.78 is 11.0. The van der Waals surface area contributed by atoms with Crippen molar-refractivity contribution in [1.82, 2.24) is 20.3 Å². The molecule has 3 aromatic rings. The van der Waals surface area contributed by atoms with Crippen LogP contribution >= 0.6 is 0 Å². The van der Waals surface area contributed by atoms with Crippen LogP contribution in [0.3, 0.4) is 0 Å². The molecule has 3 heterocycles. The Morgan fingerprint density at radius 3 is 2.82 bits per heavy atom. The molecule has 4 N–H and O–H groups in total. The molecule has 4 rings (SSSR count). The Labute approximate surface area is 221 Å². The number of benzene rings is 1. The number of carbonyl (C=O) groups excluding carboxylic acids is 1. The molecule has 1 aliphatic heterocycles. The second-order valence-electron chi connectivity index (χ2n) is 8.92. The molecule has 2 aromatic heterocycles. The van der Waals surface area contributed by atoms with Crippen LogP contribution in [0.25, 0.3) is 0 Å². The lowest BCUT2D eigenvalue weighted by molar-refractivity contribution is -0.139. The third-order valence-electron chi connectivity index (χ3n) is 6.08. The van der Waals surface area contributed by atoms with Crippen molar-refractivity contribution in [3.8, 4) is 5.88 Å². The molecule has 1 aromatic carbocycles. The molecule has 0 saturated carbocycles. The number of ether oxygens (including phenoxy) is 2. The maximum Gasteiger partial charge on any atom is 0.408 e. The fourth-order valence-electron chi connectivity index (χ4n) is 3.99. The number of aryl methyl sites for hydroxylation is 2. The summed E-state index contributed by atoms with van der Waals surface area (Å²) in [5.41, 5.74) is 3.71. The highest BCUT2D eigenvalue weighted by molar-refractivity contribution is 5.80. The molecule has 0 aliphatic carbocycles. The smallest absolute Gasteiger partial charge is 0.408 e. The maximum atomic E-state index is 12.1. The van der Waals surface area contributed by atoms with Gasteiger partial charge in [-0.2, -0.15) is 0 Å². The minimum atomic E-state index is -1.23. The van der Waals surface area contributed by atoms with Gasteiger partial charge in [-0.05, 0) is 49.8 Å². The molecule has 1 amide bonds. The zero-order chi connectivity index (χ0) is 26.7. The van der Waals surface area contributed by atoms with Gasteiger partial charge in [0.05, 0.1) is 12.2 Å². The Hall–Kier alpha value is -4.41. The van der Waals surface area contributed by atoms with Gasteiger partial charge in [-0.25, -0.2) is 24.5 Å². The number of pyridine rings is 1. The number of rotatable bonds is 12. The van der Waals surface area contributed by atoms with Gasteiger partial charge in [-0.1, -0.05) is 36.4 Å². The van der Waals surface area contributed by atoms with Gasteiger partial charge in [-0.3, -0.25) is 0 Å². The van der Waals surface area contributed by atoms with Crippen molar-refractivity contribution in [2.75, 3.05) is 30.3 Å². The lowest BCUT2D eigenvalue weighted by Gasteiger charge is -2.18. The number of aromatic nitrogens is 3. The number of carboxylic acids is 1. The first kappa shape index (κ1) is 26.6. The van der Waals surface area contributed by atoms with Crippen molar-refractivity contribution in [3.63, 3.8) is 0 Å². The fourth-order valence-corrected chi connectivity index (χ4v) is 3.99. The molecule has 0 saturated heterocycles. The Balaban J connectivity index is 1.24. The van der Waals surface area contributed by atoms with Crippen molar-refractivity contribution in [2.24, 2.45) is 0 Å². The van der Waals surface area contributed by atoms with Crippen LogP contribution in [0.4, 0.5) is 16.4 Å². The van der Waals surface area contributed by atoms with E-state index in [9.17, 15) is 14.7 Å². The highest BCUT2D eigenvalue weighted by atomic mass is 16.5. The first-order valence-electron chi connectivity index (χ1n) is 12.6. The van der Waals surface area contributed by atoms with E-state index in [4.69, 9.17) is 14.5 Å². The quantitative estimate of drug-likeness (QED) is 0.262. The van der Waals surface area contributed by atoms with Crippen molar-refractivity contribution in [2.45, 2.75) is 45.3 Å². The van der Waals surface area contributed by atoms with Crippen molar-refractivity contribution in [3.05, 3.63) is 71.2 Å². The molecule has 0 radical (unpaired) electrons. The van der Waals surface area contributed by atoms with E-state index in [-0.39, 0.29) is 13.2 Å². The molecule has 0 fully saturated rings. The molecule has 11 heteroatoms. The Bertz CT molecular complexity index is 1240. The number of nitrogens with zero attached hydrogens (tertiary/aromatic N) is 3. The molecular formula is C27H32N6O5. The molecule has 1 unspecified atom stereocenters. The van der Waals surface area contributed by atoms with Crippen LogP contribution < -0.4 is 20.7 Å². The first-order valence-corrected chi connectivity index (χ1v) is 12.6. The number of hydrogen-bond donors (Lipinski definition) is 4. The fraction of sp³-hybridized carbons (Fsp3) is 0.370. The SMILES string of the molecule is Cc1c(NCC(NC(=O)OCc2ccccc2)C(=O)O)ncnc1OCCCc1ccc2c(n1)NCCC2. The summed E-state index contributed by atoms with van der Waals surface area (Å²) in [7, 11) is 0. The summed E-state index contributed by atoms with van der Waals surface area (Å²) in [5, 5.41) is 18.2. The molecule has 200 valence electrons. The van der Waals surface area contributed by atoms with Crippen LogP contribution in [-0.4, -0.2) is 57.9 Å². The monoisotopic (exact) mass is 520 g/mol. The molecule has 1 aliphatic rings. The predicted octanol–water partition coefficient (Wildman–Crippen LogP) is 3.34. The molecule has 1 atom stereocenters. The Morgan fingerprint density at radius 1 is 1.16 bits per heavy atom. The molecule has 38 heavy (non-hydrogen) atoms. The van der Waals surface area contributed by atoms with E-state index in [1.165, 1.54) is 11.9 Å². The average Bonchev–Trinajstić information content (AvgIpc) is 2.94. The minimum Gasteiger partial charge on any atom is -0.480 e. The van der Waals surface area contributed by atoms with Crippen LogP contribution in [0.1, 0.15) is 35.2 Å². The minimum absolute atomic E-state index is 0.0393. The Kier molecular flexibility index (Phi) is 9.27. The first-order chi connectivity index (χ1) is 18.5. The van der Waals surface area contributed by atoms with E-state index in [1.807, 2.05) is 30.3 Å². The van der Waals surface area contributed by atoms with Crippen LogP contribution in [0.15, 0.2) is 48.8 Å². The number of anilines is 2. The van der Waals surface area contributed by atoms with E-state index < -0.39 is 18.1 Å². The summed E-state index contributed by atoms with van der Waals surface area (Å²) in [5.74, 6) is 0.603. The highest BCUT2D eigenvalue weighted by Crippen LogP contribution is 2.22. The van der Waals surface area contributed by atoms with Gasteiger partial charge in [0.2, 0.25) is 5.88 Å². The summed E-state index contributed by atoms with van der Waals surface area (Å²) in [6, 6.07) is 12.1. The van der Waals surface area contributed by atoms with Crippen molar-refractivity contribution < 1.29 is 24.2 Å². The van der Waals surface area contributed by atoms with Crippen LogP contribution in [0.5, 0.6) is 5.88 Å². The number of hydrogen-bond acceptors (Lipinski definition) is 9. The second kappa shape index (κ2) is 13.2. The zero-order valence-electron chi connectivity index (χ0n) is 21.3. The van der Waals surface area contributed by atoms with Gasteiger partial charge in [0, 0.05) is 18.8 Å². The van der Waals surface area contributed by atoms with E-state index in [1.54, 1.807) is 6.92 Å². The van der Waals surface area contributed by atoms with E-state index in [2.05, 4.69) is 38.1 Å². The summed E-state index contributed by atoms with van der Waals surface area (Å²) in [4.78, 5) is 36.9. The lowest BCUT2D eigenvalue weighted by Crippen LogP contribution is -2.45. The second-order valence-corrected chi connectivity index (χ2v) is 8.92. The normalized spacial score (nSPS) is 13.0. The molecular weight excluding hydrogens is 488 g/mol. The number of fused-ring (bicyclic) bond motifs is 1. The average molecular weight is 521 g/mol. The van der Waals surface area contributed by atoms with Crippen LogP contribution in [0.2, 0.25) is 0 Å². The number of aliphatic carboxylic acids is 1. The highest BCUT2D eigenvalue weighted by Gasteiger charge is 2.21. The molecule has 11 nitrogen and oxygen atoms in total. The standard InChI is InChI=1S/C27H32N6O5/c1-18-23(29-15-22(26(34)35)33-27(36)38-16-19-7-3-2-4-8-19)30-17-31-25(18)37-14-6-10-21-12-11-20-9-5-13-28-24(20)32-21/h2-4,7-8,11-12,17,22H,5-6,9-10,13-16H2,1H3,(H,28,32)(H,33,36)(H,34,35)(H,29,30,31). The van der Waals surface area contributed by atoms with Gasteiger partial charge in [-0.15, -0.1) is 0 Å². The number of carbonyl (C=O) groups is 2. The van der Waals surface area contributed by atoms with Crippen LogP contribution in [-0.2, 0) is 29.0 Å². The third-order valence-corrected chi connectivity index (χ3v) is 6.08. The number of carboxylic acid groups (broad SMARTS) is 1. The zero-order valence-corrected chi connectivity index (χ0v) is 21.3. The lowest BCUT2D eigenvalue weighted by atomic mass is 10.1. The number of amides is 1. The summed E-state index contributed by atoms with van der Waals surface area (Å²) in [6.07, 6.45) is 4.24. The van der Waals surface area contributed by atoms with E-state index >= 15 is 0 Å². The van der Waals surface area contributed by atoms with Crippen molar-refractivity contribution in [1.29, 1.82) is 0 Å². The third kappa shape index (κ3) is 7.55. The van der Waals surface area contributed by atoms with Gasteiger partial charge in [0.25, 0.3) is 0 Å². The molecule has 0 spiro atoms.